The summed E-state index contributed by atoms with van der Waals surface area (Å²) >= 11 is 0. The maximum absolute atomic E-state index is 10.3. The summed E-state index contributed by atoms with van der Waals surface area (Å²) in [7, 11) is 4.00. The molecule has 2 rings (SSSR count). The molecule has 0 amide bonds. The molecule has 3 heteroatoms. The van der Waals surface area contributed by atoms with E-state index in [0.717, 1.165) is 11.3 Å². The number of hydrogen-bond acceptors (Lipinski definition) is 3. The highest BCUT2D eigenvalue weighted by molar-refractivity contribution is 5.47. The quantitative estimate of drug-likeness (QED) is 0.794. The van der Waals surface area contributed by atoms with Crippen LogP contribution in [0.3, 0.4) is 0 Å². The van der Waals surface area contributed by atoms with Crippen LogP contribution in [-0.2, 0) is 10.3 Å². The number of ether oxygens (including phenoxy) is 1. The zero-order valence-corrected chi connectivity index (χ0v) is 9.23. The highest BCUT2D eigenvalue weighted by Crippen LogP contribution is 2.31. The SMILES string of the molecule is CN(C)c1ccc(C2(O)CCOC2)cc1. The summed E-state index contributed by atoms with van der Waals surface area (Å²) in [6.07, 6.45) is 0.689. The normalized spacial score (nSPS) is 25.5. The van der Waals surface area contributed by atoms with Gasteiger partial charge in [0.05, 0.1) is 6.61 Å². The molecule has 0 bridgehead atoms. The average Bonchev–Trinajstić information content (AvgIpc) is 2.67. The van der Waals surface area contributed by atoms with Crippen molar-refractivity contribution in [2.75, 3.05) is 32.2 Å². The number of rotatable bonds is 2. The molecule has 0 spiro atoms. The highest BCUT2D eigenvalue weighted by Gasteiger charge is 2.33. The second-order valence-corrected chi connectivity index (χ2v) is 4.28. The molecule has 1 heterocycles. The Labute approximate surface area is 90.3 Å². The Balaban J connectivity index is 2.23. The van der Waals surface area contributed by atoms with E-state index in [0.29, 0.717) is 19.6 Å². The van der Waals surface area contributed by atoms with E-state index in [-0.39, 0.29) is 0 Å². The van der Waals surface area contributed by atoms with Gasteiger partial charge in [-0.25, -0.2) is 0 Å². The average molecular weight is 207 g/mol. The fourth-order valence-electron chi connectivity index (χ4n) is 1.85. The van der Waals surface area contributed by atoms with Crippen molar-refractivity contribution in [2.24, 2.45) is 0 Å². The molecule has 1 aliphatic heterocycles. The van der Waals surface area contributed by atoms with Gasteiger partial charge in [-0.3, -0.25) is 0 Å². The first-order valence-electron chi connectivity index (χ1n) is 5.20. The van der Waals surface area contributed by atoms with Gasteiger partial charge in [0.1, 0.15) is 5.60 Å². The van der Waals surface area contributed by atoms with E-state index in [9.17, 15) is 5.11 Å². The molecule has 0 radical (unpaired) electrons. The largest absolute Gasteiger partial charge is 0.383 e. The molecule has 1 fully saturated rings. The molecule has 1 aliphatic rings. The van der Waals surface area contributed by atoms with Gasteiger partial charge in [-0.2, -0.15) is 0 Å². The van der Waals surface area contributed by atoms with Crippen molar-refractivity contribution in [3.63, 3.8) is 0 Å². The Kier molecular flexibility index (Phi) is 2.67. The molecule has 1 saturated heterocycles. The molecule has 0 aromatic heterocycles. The Bertz CT molecular complexity index is 326. The third-order valence-corrected chi connectivity index (χ3v) is 2.92. The van der Waals surface area contributed by atoms with Gasteiger partial charge in [0.2, 0.25) is 0 Å². The van der Waals surface area contributed by atoms with Gasteiger partial charge < -0.3 is 14.7 Å². The molecule has 1 atom stereocenters. The lowest BCUT2D eigenvalue weighted by atomic mass is 9.93. The standard InChI is InChI=1S/C12H17NO2/c1-13(2)11-5-3-10(4-6-11)12(14)7-8-15-9-12/h3-6,14H,7-9H2,1-2H3. The summed E-state index contributed by atoms with van der Waals surface area (Å²) in [5.41, 5.74) is 1.32. The molecule has 1 unspecified atom stereocenters. The molecule has 1 aromatic carbocycles. The zero-order chi connectivity index (χ0) is 10.9. The van der Waals surface area contributed by atoms with Gasteiger partial charge in [0.15, 0.2) is 0 Å². The minimum Gasteiger partial charge on any atom is -0.383 e. The number of nitrogens with zero attached hydrogens (tertiary/aromatic N) is 1. The van der Waals surface area contributed by atoms with E-state index in [2.05, 4.69) is 0 Å². The molecular formula is C12H17NO2. The molecule has 15 heavy (non-hydrogen) atoms. The van der Waals surface area contributed by atoms with Crippen LogP contribution in [0.15, 0.2) is 24.3 Å². The third-order valence-electron chi connectivity index (χ3n) is 2.92. The number of aliphatic hydroxyl groups is 1. The number of hydrogen-bond donors (Lipinski definition) is 1. The van der Waals surface area contributed by atoms with Crippen LogP contribution in [-0.4, -0.2) is 32.4 Å². The summed E-state index contributed by atoms with van der Waals surface area (Å²) in [4.78, 5) is 2.04. The second kappa shape index (κ2) is 3.83. The molecule has 1 aromatic rings. The lowest BCUT2D eigenvalue weighted by Crippen LogP contribution is -2.25. The van der Waals surface area contributed by atoms with Crippen LogP contribution < -0.4 is 4.90 Å². The smallest absolute Gasteiger partial charge is 0.115 e. The molecule has 0 saturated carbocycles. The highest BCUT2D eigenvalue weighted by atomic mass is 16.5. The van der Waals surface area contributed by atoms with E-state index in [1.165, 1.54) is 0 Å². The first kappa shape index (κ1) is 10.5. The van der Waals surface area contributed by atoms with Crippen LogP contribution in [0.1, 0.15) is 12.0 Å². The number of anilines is 1. The molecule has 3 nitrogen and oxygen atoms in total. The van der Waals surface area contributed by atoms with Crippen molar-refractivity contribution < 1.29 is 9.84 Å². The lowest BCUT2D eigenvalue weighted by Gasteiger charge is -2.22. The maximum Gasteiger partial charge on any atom is 0.115 e. The Morgan fingerprint density at radius 2 is 1.93 bits per heavy atom. The van der Waals surface area contributed by atoms with Crippen molar-refractivity contribution in [3.8, 4) is 0 Å². The minimum absolute atomic E-state index is 0.411. The van der Waals surface area contributed by atoms with E-state index < -0.39 is 5.60 Å². The van der Waals surface area contributed by atoms with Gasteiger partial charge in [-0.15, -0.1) is 0 Å². The van der Waals surface area contributed by atoms with E-state index in [1.54, 1.807) is 0 Å². The first-order valence-corrected chi connectivity index (χ1v) is 5.20. The Hall–Kier alpha value is -1.06. The summed E-state index contributed by atoms with van der Waals surface area (Å²) < 4.78 is 5.23. The van der Waals surface area contributed by atoms with Crippen LogP contribution in [0.2, 0.25) is 0 Å². The monoisotopic (exact) mass is 207 g/mol. The van der Waals surface area contributed by atoms with Crippen molar-refractivity contribution in [2.45, 2.75) is 12.0 Å². The predicted molar refractivity (Wildman–Crippen MR) is 60.1 cm³/mol. The third kappa shape index (κ3) is 1.98. The predicted octanol–water partition coefficient (Wildman–Crippen LogP) is 1.36. The van der Waals surface area contributed by atoms with Gasteiger partial charge >= 0.3 is 0 Å². The van der Waals surface area contributed by atoms with Crippen LogP contribution in [0.4, 0.5) is 5.69 Å². The summed E-state index contributed by atoms with van der Waals surface area (Å²) in [5.74, 6) is 0. The molecular weight excluding hydrogens is 190 g/mol. The van der Waals surface area contributed by atoms with Crippen LogP contribution >= 0.6 is 0 Å². The molecule has 0 aliphatic carbocycles. The van der Waals surface area contributed by atoms with E-state index in [4.69, 9.17) is 4.74 Å². The van der Waals surface area contributed by atoms with Crippen molar-refractivity contribution in [1.82, 2.24) is 0 Å². The van der Waals surface area contributed by atoms with Crippen molar-refractivity contribution in [3.05, 3.63) is 29.8 Å². The molecule has 1 N–H and O–H groups in total. The Morgan fingerprint density at radius 3 is 2.40 bits per heavy atom. The first-order chi connectivity index (χ1) is 7.12. The summed E-state index contributed by atoms with van der Waals surface area (Å²) in [6, 6.07) is 7.99. The topological polar surface area (TPSA) is 32.7 Å². The zero-order valence-electron chi connectivity index (χ0n) is 9.23. The van der Waals surface area contributed by atoms with Gasteiger partial charge in [0.25, 0.3) is 0 Å². The maximum atomic E-state index is 10.3. The minimum atomic E-state index is -0.773. The lowest BCUT2D eigenvalue weighted by molar-refractivity contribution is 0.0232. The van der Waals surface area contributed by atoms with Crippen molar-refractivity contribution >= 4 is 5.69 Å². The summed E-state index contributed by atoms with van der Waals surface area (Å²) in [5, 5.41) is 10.3. The van der Waals surface area contributed by atoms with Gasteiger partial charge in [0, 0.05) is 32.8 Å². The number of benzene rings is 1. The Morgan fingerprint density at radius 1 is 1.27 bits per heavy atom. The summed E-state index contributed by atoms with van der Waals surface area (Å²) in [6.45, 7) is 1.06. The van der Waals surface area contributed by atoms with Crippen LogP contribution in [0, 0.1) is 0 Å². The van der Waals surface area contributed by atoms with Crippen LogP contribution in [0.5, 0.6) is 0 Å². The van der Waals surface area contributed by atoms with E-state index in [1.807, 2.05) is 43.3 Å². The van der Waals surface area contributed by atoms with E-state index >= 15 is 0 Å². The molecule has 82 valence electrons. The van der Waals surface area contributed by atoms with Crippen molar-refractivity contribution in [1.29, 1.82) is 0 Å². The fourth-order valence-corrected chi connectivity index (χ4v) is 1.85. The van der Waals surface area contributed by atoms with Gasteiger partial charge in [-0.05, 0) is 17.7 Å². The fraction of sp³-hybridized carbons (Fsp3) is 0.500. The van der Waals surface area contributed by atoms with Gasteiger partial charge in [-0.1, -0.05) is 12.1 Å². The second-order valence-electron chi connectivity index (χ2n) is 4.28. The van der Waals surface area contributed by atoms with Crippen LogP contribution in [0.25, 0.3) is 0 Å².